The molecule has 1 aliphatic rings. The van der Waals surface area contributed by atoms with Crippen LogP contribution in [0, 0.1) is 5.92 Å². The summed E-state index contributed by atoms with van der Waals surface area (Å²) in [7, 11) is 0. The van der Waals surface area contributed by atoms with Gasteiger partial charge in [0.25, 0.3) is 0 Å². The second-order valence-electron chi connectivity index (χ2n) is 5.99. The molecule has 2 heterocycles. The van der Waals surface area contributed by atoms with Gasteiger partial charge in [0, 0.05) is 27.9 Å². The number of rotatable bonds is 5. The zero-order valence-electron chi connectivity index (χ0n) is 13.1. The number of halogens is 1. The maximum absolute atomic E-state index is 12.5. The predicted molar refractivity (Wildman–Crippen MR) is 95.1 cm³/mol. The first-order chi connectivity index (χ1) is 11.5. The highest BCUT2D eigenvalue weighted by molar-refractivity contribution is 7.13. The van der Waals surface area contributed by atoms with Gasteiger partial charge in [0.15, 0.2) is 5.78 Å². The number of carboxylic acids is 1. The number of carboxylic acid groups (broad SMARTS) is 1. The lowest BCUT2D eigenvalue weighted by Crippen LogP contribution is -2.35. The minimum absolute atomic E-state index is 0.0559. The Kier molecular flexibility index (Phi) is 5.33. The molecule has 2 aromatic rings. The average molecular weight is 364 g/mol. The lowest BCUT2D eigenvalue weighted by atomic mass is 9.89. The first-order valence-corrected chi connectivity index (χ1v) is 9.06. The number of piperidine rings is 1. The molecule has 0 radical (unpaired) electrons. The first-order valence-electron chi connectivity index (χ1n) is 7.87. The molecule has 1 aliphatic heterocycles. The highest BCUT2D eigenvalue weighted by atomic mass is 35.5. The van der Waals surface area contributed by atoms with Crippen LogP contribution >= 0.6 is 22.9 Å². The summed E-state index contributed by atoms with van der Waals surface area (Å²) < 4.78 is 0. The van der Waals surface area contributed by atoms with Crippen molar-refractivity contribution < 1.29 is 14.7 Å². The first kappa shape index (κ1) is 17.1. The number of ketones is 1. The van der Waals surface area contributed by atoms with Gasteiger partial charge in [-0.2, -0.15) is 0 Å². The topological polar surface area (TPSA) is 57.6 Å². The maximum atomic E-state index is 12.5. The number of carbonyl (C=O) groups excluding carboxylic acids is 1. The Morgan fingerprint density at radius 1 is 1.12 bits per heavy atom. The number of hydrogen-bond acceptors (Lipinski definition) is 4. The summed E-state index contributed by atoms with van der Waals surface area (Å²) in [6.45, 7) is 2.45. The minimum atomic E-state index is -0.876. The second kappa shape index (κ2) is 7.47. The minimum Gasteiger partial charge on any atom is -0.477 e. The van der Waals surface area contributed by atoms with E-state index in [2.05, 4.69) is 4.90 Å². The van der Waals surface area contributed by atoms with E-state index >= 15 is 0 Å². The lowest BCUT2D eigenvalue weighted by molar-refractivity contribution is 0.0701. The Bertz CT molecular complexity index is 733. The van der Waals surface area contributed by atoms with Gasteiger partial charge in [0.1, 0.15) is 4.88 Å². The van der Waals surface area contributed by atoms with Crippen molar-refractivity contribution in [2.45, 2.75) is 19.4 Å². The third-order valence-electron chi connectivity index (χ3n) is 4.34. The van der Waals surface area contributed by atoms with Crippen LogP contribution in [0.3, 0.4) is 0 Å². The Balaban J connectivity index is 1.54. The van der Waals surface area contributed by atoms with E-state index in [1.165, 1.54) is 11.3 Å². The number of likely N-dealkylation sites (tertiary alicyclic amines) is 1. The number of benzene rings is 1. The van der Waals surface area contributed by atoms with Gasteiger partial charge < -0.3 is 5.11 Å². The van der Waals surface area contributed by atoms with Gasteiger partial charge in [-0.3, -0.25) is 9.69 Å². The number of nitrogens with zero attached hydrogens (tertiary/aromatic N) is 1. The standard InChI is InChI=1S/C18H18ClNO3S/c19-14-3-1-12(2-4-14)17(21)13-7-9-20(10-8-13)11-15-5-6-16(24-15)18(22)23/h1-6,13H,7-11H2,(H,22,23). The normalized spacial score (nSPS) is 16.2. The molecule has 24 heavy (non-hydrogen) atoms. The van der Waals surface area contributed by atoms with Gasteiger partial charge >= 0.3 is 5.97 Å². The summed E-state index contributed by atoms with van der Waals surface area (Å²) in [5.41, 5.74) is 0.724. The number of carbonyl (C=O) groups is 2. The summed E-state index contributed by atoms with van der Waals surface area (Å²) in [6.07, 6.45) is 1.66. The summed E-state index contributed by atoms with van der Waals surface area (Å²) >= 11 is 7.19. The Morgan fingerprint density at radius 3 is 2.38 bits per heavy atom. The number of thiophene rings is 1. The summed E-state index contributed by atoms with van der Waals surface area (Å²) in [4.78, 5) is 27.2. The molecule has 0 aliphatic carbocycles. The smallest absolute Gasteiger partial charge is 0.345 e. The molecule has 0 amide bonds. The highest BCUT2D eigenvalue weighted by Crippen LogP contribution is 2.25. The molecule has 126 valence electrons. The molecular formula is C18H18ClNO3S. The van der Waals surface area contributed by atoms with Crippen LogP contribution in [0.4, 0.5) is 0 Å². The molecule has 0 atom stereocenters. The van der Waals surface area contributed by atoms with Crippen LogP contribution in [-0.4, -0.2) is 34.8 Å². The van der Waals surface area contributed by atoms with Crippen molar-refractivity contribution in [1.82, 2.24) is 4.90 Å². The fourth-order valence-corrected chi connectivity index (χ4v) is 4.02. The van der Waals surface area contributed by atoms with Crippen LogP contribution in [0.1, 0.15) is 37.7 Å². The van der Waals surface area contributed by atoms with E-state index < -0.39 is 5.97 Å². The van der Waals surface area contributed by atoms with Crippen LogP contribution < -0.4 is 0 Å². The van der Waals surface area contributed by atoms with Gasteiger partial charge in [-0.25, -0.2) is 4.79 Å². The molecule has 0 saturated carbocycles. The van der Waals surface area contributed by atoms with Gasteiger partial charge in [-0.1, -0.05) is 11.6 Å². The van der Waals surface area contributed by atoms with Crippen LogP contribution in [-0.2, 0) is 6.54 Å². The van der Waals surface area contributed by atoms with Crippen LogP contribution in [0.5, 0.6) is 0 Å². The van der Waals surface area contributed by atoms with Crippen molar-refractivity contribution in [2.24, 2.45) is 5.92 Å². The van der Waals surface area contributed by atoms with Crippen molar-refractivity contribution >= 4 is 34.7 Å². The zero-order valence-corrected chi connectivity index (χ0v) is 14.6. The van der Waals surface area contributed by atoms with Crippen molar-refractivity contribution in [3.05, 3.63) is 56.7 Å². The van der Waals surface area contributed by atoms with Gasteiger partial charge in [-0.05, 0) is 62.3 Å². The molecule has 1 saturated heterocycles. The van der Waals surface area contributed by atoms with E-state index in [1.807, 2.05) is 6.07 Å². The SMILES string of the molecule is O=C(O)c1ccc(CN2CCC(C(=O)c3ccc(Cl)cc3)CC2)s1. The van der Waals surface area contributed by atoms with Crippen molar-refractivity contribution in [2.75, 3.05) is 13.1 Å². The number of aromatic carboxylic acids is 1. The molecule has 0 unspecified atom stereocenters. The van der Waals surface area contributed by atoms with E-state index in [-0.39, 0.29) is 11.7 Å². The molecule has 3 rings (SSSR count). The van der Waals surface area contributed by atoms with Crippen molar-refractivity contribution in [3.63, 3.8) is 0 Å². The fourth-order valence-electron chi connectivity index (χ4n) is 3.00. The molecule has 0 bridgehead atoms. The van der Waals surface area contributed by atoms with E-state index in [0.29, 0.717) is 9.90 Å². The van der Waals surface area contributed by atoms with Crippen LogP contribution in [0.25, 0.3) is 0 Å². The summed E-state index contributed by atoms with van der Waals surface area (Å²) in [5.74, 6) is -0.630. The van der Waals surface area contributed by atoms with Crippen molar-refractivity contribution in [3.8, 4) is 0 Å². The predicted octanol–water partition coefficient (Wildman–Crippen LogP) is 4.19. The third kappa shape index (κ3) is 4.04. The van der Waals surface area contributed by atoms with Crippen molar-refractivity contribution in [1.29, 1.82) is 0 Å². The largest absolute Gasteiger partial charge is 0.477 e. The molecule has 1 aromatic heterocycles. The molecule has 1 N–H and O–H groups in total. The van der Waals surface area contributed by atoms with E-state index in [1.54, 1.807) is 30.3 Å². The number of hydrogen-bond donors (Lipinski definition) is 1. The Hall–Kier alpha value is -1.69. The van der Waals surface area contributed by atoms with Crippen LogP contribution in [0.2, 0.25) is 5.02 Å². The monoisotopic (exact) mass is 363 g/mol. The molecule has 4 nitrogen and oxygen atoms in total. The molecule has 1 aromatic carbocycles. The van der Waals surface area contributed by atoms with Gasteiger partial charge in [0.2, 0.25) is 0 Å². The number of Topliss-reactive ketones (excluding diaryl/α,β-unsaturated/α-hetero) is 1. The molecular weight excluding hydrogens is 346 g/mol. The molecule has 6 heteroatoms. The Labute approximate surface area is 149 Å². The van der Waals surface area contributed by atoms with E-state index in [0.717, 1.165) is 42.9 Å². The molecule has 0 spiro atoms. The maximum Gasteiger partial charge on any atom is 0.345 e. The van der Waals surface area contributed by atoms with E-state index in [4.69, 9.17) is 16.7 Å². The lowest BCUT2D eigenvalue weighted by Gasteiger charge is -2.30. The third-order valence-corrected chi connectivity index (χ3v) is 5.65. The fraction of sp³-hybridized carbons (Fsp3) is 0.333. The quantitative estimate of drug-likeness (QED) is 0.809. The van der Waals surface area contributed by atoms with Crippen LogP contribution in [0.15, 0.2) is 36.4 Å². The summed E-state index contributed by atoms with van der Waals surface area (Å²) in [5, 5.41) is 9.61. The highest BCUT2D eigenvalue weighted by Gasteiger charge is 2.26. The van der Waals surface area contributed by atoms with Gasteiger partial charge in [0.05, 0.1) is 0 Å². The Morgan fingerprint density at radius 2 is 1.79 bits per heavy atom. The van der Waals surface area contributed by atoms with E-state index in [9.17, 15) is 9.59 Å². The average Bonchev–Trinajstić information content (AvgIpc) is 3.04. The van der Waals surface area contributed by atoms with Gasteiger partial charge in [-0.15, -0.1) is 11.3 Å². The summed E-state index contributed by atoms with van der Waals surface area (Å²) in [6, 6.07) is 10.6. The molecule has 1 fully saturated rings. The second-order valence-corrected chi connectivity index (χ2v) is 7.60. The zero-order chi connectivity index (χ0) is 17.1.